The number of para-hydroxylation sites is 1. The number of carbonyl (C=O) groups excluding carboxylic acids is 1. The number of piperidine rings is 3. The molecule has 31 heavy (non-hydrogen) atoms. The smallest absolute Gasteiger partial charge is 0.241 e. The van der Waals surface area contributed by atoms with Crippen molar-refractivity contribution < 1.29 is 4.79 Å². The molecule has 0 radical (unpaired) electrons. The van der Waals surface area contributed by atoms with Gasteiger partial charge in [0.1, 0.15) is 5.54 Å². The number of nitrogens with one attached hydrogen (secondary N) is 2. The summed E-state index contributed by atoms with van der Waals surface area (Å²) in [5.74, 6) is 0.770. The Hall–Kier alpha value is -2.07. The van der Waals surface area contributed by atoms with Crippen LogP contribution < -0.4 is 5.32 Å². The van der Waals surface area contributed by atoms with E-state index >= 15 is 0 Å². The molecular weight excluding hydrogens is 382 g/mol. The van der Waals surface area contributed by atoms with Crippen molar-refractivity contribution in [2.45, 2.75) is 82.7 Å². The summed E-state index contributed by atoms with van der Waals surface area (Å²) in [6, 6.07) is 6.74. The lowest BCUT2D eigenvalue weighted by Crippen LogP contribution is -2.84. The van der Waals surface area contributed by atoms with Gasteiger partial charge in [-0.25, -0.2) is 0 Å². The summed E-state index contributed by atoms with van der Waals surface area (Å²) in [7, 11) is 0. The minimum absolute atomic E-state index is 0.00459. The fourth-order valence-electron chi connectivity index (χ4n) is 7.57. The minimum atomic E-state index is -0.264. The van der Waals surface area contributed by atoms with Gasteiger partial charge < -0.3 is 10.3 Å². The molecule has 5 heterocycles. The number of H-pyrrole nitrogens is 1. The van der Waals surface area contributed by atoms with Crippen molar-refractivity contribution in [2.75, 3.05) is 13.1 Å². The van der Waals surface area contributed by atoms with Crippen LogP contribution in [0.25, 0.3) is 10.9 Å². The van der Waals surface area contributed by atoms with Crippen molar-refractivity contribution in [1.29, 1.82) is 0 Å². The van der Waals surface area contributed by atoms with Crippen molar-refractivity contribution in [1.82, 2.24) is 15.2 Å². The number of benzene rings is 1. The Kier molecular flexibility index (Phi) is 3.95. The summed E-state index contributed by atoms with van der Waals surface area (Å²) in [6.45, 7) is 11.3. The third-order valence-electron chi connectivity index (χ3n) is 9.11. The zero-order valence-electron chi connectivity index (χ0n) is 19.4. The highest BCUT2D eigenvalue weighted by molar-refractivity contribution is 5.92. The van der Waals surface area contributed by atoms with Crippen molar-refractivity contribution in [3.8, 4) is 0 Å². The Morgan fingerprint density at radius 3 is 2.90 bits per heavy atom. The summed E-state index contributed by atoms with van der Waals surface area (Å²) >= 11 is 0. The monoisotopic (exact) mass is 417 g/mol. The number of fused-ring (bicyclic) bond motifs is 4. The number of hydrogen-bond acceptors (Lipinski definition) is 2. The number of allylic oxidation sites excluding steroid dienone is 2. The molecule has 2 spiro atoms. The predicted molar refractivity (Wildman–Crippen MR) is 125 cm³/mol. The lowest BCUT2D eigenvalue weighted by molar-refractivity contribution is -0.171. The van der Waals surface area contributed by atoms with Gasteiger partial charge in [0, 0.05) is 28.6 Å². The number of piperazine rings is 1. The normalized spacial score (nSPS) is 33.4. The average Bonchev–Trinajstić information content (AvgIpc) is 3.10. The molecule has 1 aromatic carbocycles. The number of carbonyl (C=O) groups is 1. The van der Waals surface area contributed by atoms with Crippen LogP contribution in [0.5, 0.6) is 0 Å². The van der Waals surface area contributed by atoms with E-state index in [1.54, 1.807) is 0 Å². The van der Waals surface area contributed by atoms with Crippen LogP contribution in [0.2, 0.25) is 0 Å². The topological polar surface area (TPSA) is 48.1 Å². The van der Waals surface area contributed by atoms with Crippen LogP contribution >= 0.6 is 0 Å². The second-order valence-electron chi connectivity index (χ2n) is 11.5. The Morgan fingerprint density at radius 1 is 1.26 bits per heavy atom. The zero-order valence-corrected chi connectivity index (χ0v) is 19.4. The van der Waals surface area contributed by atoms with E-state index in [9.17, 15) is 4.79 Å². The Morgan fingerprint density at radius 2 is 2.10 bits per heavy atom. The van der Waals surface area contributed by atoms with Gasteiger partial charge in [-0.05, 0) is 76.0 Å². The lowest BCUT2D eigenvalue weighted by atomic mass is 9.50. The molecule has 1 amide bonds. The molecule has 1 aromatic heterocycles. The first-order valence-corrected chi connectivity index (χ1v) is 12.1. The average molecular weight is 418 g/mol. The van der Waals surface area contributed by atoms with Crippen LogP contribution in [-0.2, 0) is 23.1 Å². The van der Waals surface area contributed by atoms with Crippen LogP contribution in [0.4, 0.5) is 0 Å². The summed E-state index contributed by atoms with van der Waals surface area (Å²) in [5, 5.41) is 4.98. The van der Waals surface area contributed by atoms with Crippen LogP contribution in [0.15, 0.2) is 29.8 Å². The molecule has 4 heteroatoms. The van der Waals surface area contributed by atoms with Crippen LogP contribution in [0.3, 0.4) is 0 Å². The van der Waals surface area contributed by atoms with E-state index in [4.69, 9.17) is 0 Å². The summed E-state index contributed by atoms with van der Waals surface area (Å²) in [6.07, 6.45) is 8.65. The molecule has 0 saturated carbocycles. The first kappa shape index (κ1) is 19.6. The van der Waals surface area contributed by atoms with E-state index in [0.29, 0.717) is 11.8 Å². The van der Waals surface area contributed by atoms with Gasteiger partial charge in [-0.3, -0.25) is 9.69 Å². The third-order valence-corrected chi connectivity index (χ3v) is 9.11. The quantitative estimate of drug-likeness (QED) is 0.700. The second kappa shape index (κ2) is 6.25. The molecule has 0 unspecified atom stereocenters. The van der Waals surface area contributed by atoms with Gasteiger partial charge in [0.2, 0.25) is 5.91 Å². The van der Waals surface area contributed by atoms with Crippen LogP contribution in [-0.4, -0.2) is 40.0 Å². The largest absolute Gasteiger partial charge is 0.357 e. The van der Waals surface area contributed by atoms with Gasteiger partial charge in [0.15, 0.2) is 0 Å². The summed E-state index contributed by atoms with van der Waals surface area (Å²) in [4.78, 5) is 19.9. The number of rotatable bonds is 2. The molecule has 5 aliphatic rings. The molecular formula is C27H35N3O. The first-order chi connectivity index (χ1) is 14.8. The minimum Gasteiger partial charge on any atom is -0.357 e. The SMILES string of the molecule is CC(C)=CCc1cccc2c3c([nH]c12)C(C)(C)[C@H]1C[C@]24CCCCN2C[C@@]1(C3)NC4=O. The molecule has 7 rings (SSSR count). The second-order valence-corrected chi connectivity index (χ2v) is 11.5. The van der Waals surface area contributed by atoms with Gasteiger partial charge in [-0.15, -0.1) is 0 Å². The maximum Gasteiger partial charge on any atom is 0.241 e. The highest BCUT2D eigenvalue weighted by Crippen LogP contribution is 2.58. The number of aromatic nitrogens is 1. The molecule has 1 aliphatic carbocycles. The fraction of sp³-hybridized carbons (Fsp3) is 0.593. The first-order valence-electron chi connectivity index (χ1n) is 12.1. The molecule has 4 fully saturated rings. The van der Waals surface area contributed by atoms with E-state index < -0.39 is 0 Å². The van der Waals surface area contributed by atoms with Gasteiger partial charge >= 0.3 is 0 Å². The Labute approximate surface area is 185 Å². The van der Waals surface area contributed by atoms with Crippen molar-refractivity contribution in [2.24, 2.45) is 5.92 Å². The zero-order chi connectivity index (χ0) is 21.6. The Bertz CT molecular complexity index is 1120. The van der Waals surface area contributed by atoms with Gasteiger partial charge in [0.25, 0.3) is 0 Å². The Balaban J connectivity index is 1.51. The number of aromatic amines is 1. The predicted octanol–water partition coefficient (Wildman–Crippen LogP) is 4.62. The van der Waals surface area contributed by atoms with Crippen LogP contribution in [0.1, 0.15) is 70.2 Å². The maximum absolute atomic E-state index is 13.4. The molecule has 4 aliphatic heterocycles. The van der Waals surface area contributed by atoms with Gasteiger partial charge in [-0.1, -0.05) is 43.7 Å². The summed E-state index contributed by atoms with van der Waals surface area (Å²) < 4.78 is 0. The fourth-order valence-corrected chi connectivity index (χ4v) is 7.57. The van der Waals surface area contributed by atoms with Crippen LogP contribution in [0, 0.1) is 5.92 Å². The van der Waals surface area contributed by atoms with E-state index in [-0.39, 0.29) is 16.5 Å². The maximum atomic E-state index is 13.4. The van der Waals surface area contributed by atoms with Gasteiger partial charge in [-0.2, -0.15) is 0 Å². The van der Waals surface area contributed by atoms with E-state index in [1.807, 2.05) is 0 Å². The number of amides is 1. The van der Waals surface area contributed by atoms with Crippen molar-refractivity contribution in [3.05, 3.63) is 46.7 Å². The highest BCUT2D eigenvalue weighted by atomic mass is 16.2. The van der Waals surface area contributed by atoms with E-state index in [0.717, 1.165) is 38.8 Å². The third kappa shape index (κ3) is 2.49. The molecule has 2 aromatic rings. The molecule has 2 N–H and O–H groups in total. The van der Waals surface area contributed by atoms with Gasteiger partial charge in [0.05, 0.1) is 5.54 Å². The molecule has 4 nitrogen and oxygen atoms in total. The highest BCUT2D eigenvalue weighted by Gasteiger charge is 2.67. The van der Waals surface area contributed by atoms with Crippen molar-refractivity contribution in [3.63, 3.8) is 0 Å². The number of hydrogen-bond donors (Lipinski definition) is 2. The molecule has 2 bridgehead atoms. The summed E-state index contributed by atoms with van der Waals surface area (Å²) in [5.41, 5.74) is 6.46. The standard InChI is InChI=1S/C27H35N3O/c1-17(2)10-11-18-8-7-9-19-20-14-26-16-30-13-6-5-12-27(30,24(31)29-26)15-21(26)25(3,4)23(20)28-22(18)19/h7-10,21,28H,5-6,11-16H2,1-4H3,(H,29,31)/t21-,26-,27+/m1/s1. The number of nitrogens with zero attached hydrogens (tertiary/aromatic N) is 1. The van der Waals surface area contributed by atoms with Crippen molar-refractivity contribution >= 4 is 16.8 Å². The molecule has 4 saturated heterocycles. The lowest BCUT2D eigenvalue weighted by Gasteiger charge is -2.68. The van der Waals surface area contributed by atoms with E-state index in [2.05, 4.69) is 67.2 Å². The molecule has 164 valence electrons. The molecule has 3 atom stereocenters. The van der Waals surface area contributed by atoms with E-state index in [1.165, 1.54) is 46.1 Å².